The van der Waals surface area contributed by atoms with Crippen molar-refractivity contribution in [1.29, 1.82) is 0 Å². The summed E-state index contributed by atoms with van der Waals surface area (Å²) in [6.45, 7) is 1.89. The highest BCUT2D eigenvalue weighted by atomic mass is 35.5. The maximum Gasteiger partial charge on any atom is 0.300 e. The Labute approximate surface area is 178 Å². The molecule has 0 spiro atoms. The molecular weight excluding hydrogens is 402 g/mol. The first-order chi connectivity index (χ1) is 14.4. The summed E-state index contributed by atoms with van der Waals surface area (Å²) in [5.41, 5.74) is 2.27. The van der Waals surface area contributed by atoms with Crippen LogP contribution >= 0.6 is 11.6 Å². The number of aromatic hydroxyl groups is 1. The molecule has 3 aromatic carbocycles. The van der Waals surface area contributed by atoms with E-state index in [-0.39, 0.29) is 17.1 Å². The van der Waals surface area contributed by atoms with Crippen molar-refractivity contribution < 1.29 is 19.8 Å². The number of ketones is 1. The highest BCUT2D eigenvalue weighted by Crippen LogP contribution is 2.42. The van der Waals surface area contributed by atoms with Crippen LogP contribution in [0.2, 0.25) is 5.02 Å². The molecule has 1 unspecified atom stereocenters. The minimum absolute atomic E-state index is 0.00572. The van der Waals surface area contributed by atoms with E-state index in [9.17, 15) is 19.8 Å². The van der Waals surface area contributed by atoms with Crippen LogP contribution in [0.15, 0.2) is 78.4 Å². The number of amides is 1. The molecule has 1 amide bonds. The van der Waals surface area contributed by atoms with Gasteiger partial charge < -0.3 is 10.2 Å². The van der Waals surface area contributed by atoms with E-state index in [1.54, 1.807) is 54.6 Å². The van der Waals surface area contributed by atoms with Gasteiger partial charge in [-0.15, -0.1) is 0 Å². The molecule has 3 aromatic rings. The minimum atomic E-state index is -0.894. The smallest absolute Gasteiger partial charge is 0.300 e. The monoisotopic (exact) mass is 419 g/mol. The predicted molar refractivity (Wildman–Crippen MR) is 116 cm³/mol. The lowest BCUT2D eigenvalue weighted by Gasteiger charge is -2.25. The summed E-state index contributed by atoms with van der Waals surface area (Å²) >= 11 is 5.93. The molecule has 6 heteroatoms. The van der Waals surface area contributed by atoms with E-state index >= 15 is 0 Å². The number of nitrogens with zero attached hydrogens (tertiary/aromatic N) is 1. The summed E-state index contributed by atoms with van der Waals surface area (Å²) < 4.78 is 0. The van der Waals surface area contributed by atoms with Crippen LogP contribution in [0.1, 0.15) is 22.7 Å². The second kappa shape index (κ2) is 7.69. The van der Waals surface area contributed by atoms with Gasteiger partial charge >= 0.3 is 0 Å². The van der Waals surface area contributed by atoms with Crippen LogP contribution in [-0.4, -0.2) is 21.9 Å². The van der Waals surface area contributed by atoms with Gasteiger partial charge in [-0.2, -0.15) is 0 Å². The van der Waals surface area contributed by atoms with E-state index in [4.69, 9.17) is 11.6 Å². The molecule has 5 nitrogen and oxygen atoms in total. The summed E-state index contributed by atoms with van der Waals surface area (Å²) in [6.07, 6.45) is 0. The number of phenolic OH excluding ortho intramolecular Hbond substituents is 1. The normalized spacial score (nSPS) is 18.1. The van der Waals surface area contributed by atoms with Crippen molar-refractivity contribution in [2.24, 2.45) is 0 Å². The van der Waals surface area contributed by atoms with Crippen LogP contribution < -0.4 is 4.90 Å². The topological polar surface area (TPSA) is 77.8 Å². The Morgan fingerprint density at radius 1 is 0.967 bits per heavy atom. The summed E-state index contributed by atoms with van der Waals surface area (Å²) in [6, 6.07) is 19.0. The molecule has 0 bridgehead atoms. The number of aliphatic hydroxyl groups excluding tert-OH is 1. The predicted octanol–water partition coefficient (Wildman–Crippen LogP) is 4.98. The average molecular weight is 420 g/mol. The molecular formula is C24H18ClNO4. The third kappa shape index (κ3) is 3.44. The molecule has 0 aliphatic carbocycles. The van der Waals surface area contributed by atoms with Crippen molar-refractivity contribution in [2.45, 2.75) is 13.0 Å². The van der Waals surface area contributed by atoms with Crippen molar-refractivity contribution in [3.05, 3.63) is 100 Å². The molecule has 4 rings (SSSR count). The van der Waals surface area contributed by atoms with Crippen LogP contribution in [0.25, 0.3) is 5.76 Å². The lowest BCUT2D eigenvalue weighted by molar-refractivity contribution is -0.132. The summed E-state index contributed by atoms with van der Waals surface area (Å²) in [5, 5.41) is 21.5. The van der Waals surface area contributed by atoms with Gasteiger partial charge in [-0.3, -0.25) is 14.5 Å². The average Bonchev–Trinajstić information content (AvgIpc) is 2.99. The molecule has 1 heterocycles. The van der Waals surface area contributed by atoms with Gasteiger partial charge in [0.1, 0.15) is 11.5 Å². The van der Waals surface area contributed by atoms with Crippen molar-refractivity contribution in [2.75, 3.05) is 4.90 Å². The zero-order valence-corrected chi connectivity index (χ0v) is 16.8. The largest absolute Gasteiger partial charge is 0.508 e. The number of halogens is 1. The van der Waals surface area contributed by atoms with Crippen LogP contribution in [-0.2, 0) is 9.59 Å². The van der Waals surface area contributed by atoms with E-state index in [2.05, 4.69) is 0 Å². The molecule has 1 saturated heterocycles. The van der Waals surface area contributed by atoms with Crippen LogP contribution in [0.4, 0.5) is 5.69 Å². The molecule has 2 N–H and O–H groups in total. The van der Waals surface area contributed by atoms with Crippen LogP contribution in [0.5, 0.6) is 5.75 Å². The SMILES string of the molecule is Cc1cccc(N2C(=O)C(=O)/C(=C(/O)c3ccc(Cl)cc3)C2c2cccc(O)c2)c1. The molecule has 1 atom stereocenters. The fourth-order valence-electron chi connectivity index (χ4n) is 3.65. The Bertz CT molecular complexity index is 1180. The van der Waals surface area contributed by atoms with E-state index in [1.807, 2.05) is 13.0 Å². The first kappa shape index (κ1) is 19.7. The van der Waals surface area contributed by atoms with Gasteiger partial charge in [-0.25, -0.2) is 0 Å². The number of benzene rings is 3. The molecule has 0 saturated carbocycles. The third-order valence-electron chi connectivity index (χ3n) is 5.03. The van der Waals surface area contributed by atoms with Gasteiger partial charge in [0.25, 0.3) is 11.7 Å². The van der Waals surface area contributed by atoms with Crippen molar-refractivity contribution in [3.8, 4) is 5.75 Å². The molecule has 0 aromatic heterocycles. The molecule has 0 radical (unpaired) electrons. The Balaban J connectivity index is 1.96. The molecule has 150 valence electrons. The summed E-state index contributed by atoms with van der Waals surface area (Å²) in [7, 11) is 0. The molecule has 1 fully saturated rings. The van der Waals surface area contributed by atoms with Gasteiger partial charge in [0.05, 0.1) is 11.6 Å². The van der Waals surface area contributed by atoms with Gasteiger partial charge in [0.15, 0.2) is 0 Å². The number of anilines is 1. The summed E-state index contributed by atoms with van der Waals surface area (Å²) in [5.74, 6) is -1.84. The molecule has 1 aliphatic heterocycles. The quantitative estimate of drug-likeness (QED) is 0.356. The Hall–Kier alpha value is -3.57. The second-order valence-electron chi connectivity index (χ2n) is 7.11. The van der Waals surface area contributed by atoms with Crippen molar-refractivity contribution in [3.63, 3.8) is 0 Å². The lowest BCUT2D eigenvalue weighted by Crippen LogP contribution is -2.29. The highest BCUT2D eigenvalue weighted by Gasteiger charge is 2.47. The van der Waals surface area contributed by atoms with Gasteiger partial charge in [-0.1, -0.05) is 35.9 Å². The fourth-order valence-corrected chi connectivity index (χ4v) is 3.78. The molecule has 30 heavy (non-hydrogen) atoms. The van der Waals surface area contributed by atoms with Crippen molar-refractivity contribution >= 4 is 34.7 Å². The Morgan fingerprint density at radius 2 is 1.67 bits per heavy atom. The van der Waals surface area contributed by atoms with Gasteiger partial charge in [0.2, 0.25) is 0 Å². The van der Waals surface area contributed by atoms with Crippen LogP contribution in [0, 0.1) is 6.92 Å². The number of carbonyl (C=O) groups excluding carboxylic acids is 2. The summed E-state index contributed by atoms with van der Waals surface area (Å²) in [4.78, 5) is 27.4. The standard InChI is InChI=1S/C24H18ClNO4/c1-14-4-2-6-18(12-14)26-21(16-5-3-7-19(27)13-16)20(23(29)24(26)30)22(28)15-8-10-17(25)11-9-15/h2-13,21,27-28H,1H3/b22-20+. The van der Waals surface area contributed by atoms with Crippen LogP contribution in [0.3, 0.4) is 0 Å². The zero-order chi connectivity index (χ0) is 21.4. The number of aryl methyl sites for hydroxylation is 1. The molecule has 1 aliphatic rings. The van der Waals surface area contributed by atoms with Gasteiger partial charge in [0, 0.05) is 16.3 Å². The number of phenols is 1. The number of Topliss-reactive ketones (excluding diaryl/α,β-unsaturated/α-hetero) is 1. The maximum atomic E-state index is 13.0. The Morgan fingerprint density at radius 3 is 2.33 bits per heavy atom. The first-order valence-corrected chi connectivity index (χ1v) is 9.67. The third-order valence-corrected chi connectivity index (χ3v) is 5.28. The first-order valence-electron chi connectivity index (χ1n) is 9.29. The zero-order valence-electron chi connectivity index (χ0n) is 16.0. The number of hydrogen-bond acceptors (Lipinski definition) is 4. The lowest BCUT2D eigenvalue weighted by atomic mass is 9.95. The second-order valence-corrected chi connectivity index (χ2v) is 7.55. The number of aliphatic hydroxyl groups is 1. The fraction of sp³-hybridized carbons (Fsp3) is 0.0833. The highest BCUT2D eigenvalue weighted by molar-refractivity contribution is 6.51. The van der Waals surface area contributed by atoms with E-state index in [0.717, 1.165) is 5.56 Å². The number of hydrogen-bond donors (Lipinski definition) is 2. The van der Waals surface area contributed by atoms with Gasteiger partial charge in [-0.05, 0) is 66.6 Å². The number of carbonyl (C=O) groups is 2. The van der Waals surface area contributed by atoms with E-state index < -0.39 is 17.7 Å². The van der Waals surface area contributed by atoms with E-state index in [0.29, 0.717) is 21.8 Å². The van der Waals surface area contributed by atoms with Crippen molar-refractivity contribution in [1.82, 2.24) is 0 Å². The Kier molecular flexibility index (Phi) is 5.06. The maximum absolute atomic E-state index is 13.0. The van der Waals surface area contributed by atoms with E-state index in [1.165, 1.54) is 17.0 Å². The minimum Gasteiger partial charge on any atom is -0.508 e. The number of rotatable bonds is 3.